The first-order valence-corrected chi connectivity index (χ1v) is 4.23. The number of methoxy groups -OCH3 is 1. The van der Waals surface area contributed by atoms with Gasteiger partial charge in [0.1, 0.15) is 0 Å². The zero-order chi connectivity index (χ0) is 10.7. The van der Waals surface area contributed by atoms with Crippen LogP contribution in [0.1, 0.15) is 20.8 Å². The number of alkyl carbamates (subject to hydrolysis) is 1. The molecule has 0 spiro atoms. The first kappa shape index (κ1) is 14.3. The SMILES string of the molecule is CC.COC(=O)NCCNC(C)=O. The molecule has 0 bridgehead atoms. The molecule has 0 aromatic heterocycles. The Balaban J connectivity index is 0. The molecule has 0 saturated heterocycles. The van der Waals surface area contributed by atoms with Gasteiger partial charge in [0.15, 0.2) is 0 Å². The van der Waals surface area contributed by atoms with Gasteiger partial charge in [0, 0.05) is 20.0 Å². The van der Waals surface area contributed by atoms with Gasteiger partial charge in [-0.25, -0.2) is 4.79 Å². The van der Waals surface area contributed by atoms with Gasteiger partial charge in [0.25, 0.3) is 0 Å². The van der Waals surface area contributed by atoms with Crippen LogP contribution >= 0.6 is 0 Å². The van der Waals surface area contributed by atoms with Gasteiger partial charge >= 0.3 is 6.09 Å². The first-order chi connectivity index (χ1) is 6.16. The molecule has 0 aliphatic carbocycles. The molecule has 0 atom stereocenters. The smallest absolute Gasteiger partial charge is 0.406 e. The van der Waals surface area contributed by atoms with Gasteiger partial charge in [0.2, 0.25) is 5.91 Å². The molecule has 0 aromatic rings. The molecular formula is C8H18N2O3. The molecular weight excluding hydrogens is 172 g/mol. The van der Waals surface area contributed by atoms with E-state index in [-0.39, 0.29) is 5.91 Å². The van der Waals surface area contributed by atoms with Gasteiger partial charge in [-0.3, -0.25) is 4.79 Å². The highest BCUT2D eigenvalue weighted by Gasteiger charge is 1.95. The molecule has 13 heavy (non-hydrogen) atoms. The monoisotopic (exact) mass is 190 g/mol. The predicted molar refractivity (Wildman–Crippen MR) is 50.4 cm³/mol. The summed E-state index contributed by atoms with van der Waals surface area (Å²) in [6.45, 7) is 6.22. The van der Waals surface area contributed by atoms with Crippen molar-refractivity contribution in [3.8, 4) is 0 Å². The zero-order valence-corrected chi connectivity index (χ0v) is 8.64. The van der Waals surface area contributed by atoms with Crippen molar-refractivity contribution >= 4 is 12.0 Å². The van der Waals surface area contributed by atoms with Crippen molar-refractivity contribution in [1.82, 2.24) is 10.6 Å². The average molecular weight is 190 g/mol. The number of rotatable bonds is 3. The van der Waals surface area contributed by atoms with Crippen LogP contribution in [0.5, 0.6) is 0 Å². The van der Waals surface area contributed by atoms with Crippen LogP contribution in [-0.2, 0) is 9.53 Å². The van der Waals surface area contributed by atoms with Gasteiger partial charge in [-0.05, 0) is 0 Å². The molecule has 0 aliphatic rings. The van der Waals surface area contributed by atoms with Crippen molar-refractivity contribution < 1.29 is 14.3 Å². The minimum absolute atomic E-state index is 0.114. The van der Waals surface area contributed by atoms with Gasteiger partial charge in [-0.15, -0.1) is 0 Å². The van der Waals surface area contributed by atoms with Crippen molar-refractivity contribution in [1.29, 1.82) is 0 Å². The highest BCUT2D eigenvalue weighted by molar-refractivity contribution is 5.72. The van der Waals surface area contributed by atoms with Crippen LogP contribution in [0.2, 0.25) is 0 Å². The van der Waals surface area contributed by atoms with E-state index in [1.54, 1.807) is 0 Å². The first-order valence-electron chi connectivity index (χ1n) is 4.23. The number of hydrogen-bond acceptors (Lipinski definition) is 3. The quantitative estimate of drug-likeness (QED) is 0.637. The Hall–Kier alpha value is -1.26. The van der Waals surface area contributed by atoms with Gasteiger partial charge in [-0.1, -0.05) is 13.8 Å². The Labute approximate surface area is 78.8 Å². The summed E-state index contributed by atoms with van der Waals surface area (Å²) in [5.41, 5.74) is 0. The van der Waals surface area contributed by atoms with Crippen molar-refractivity contribution in [3.63, 3.8) is 0 Å². The topological polar surface area (TPSA) is 67.4 Å². The molecule has 0 aromatic carbocycles. The average Bonchev–Trinajstić information content (AvgIpc) is 2.15. The van der Waals surface area contributed by atoms with Gasteiger partial charge in [-0.2, -0.15) is 0 Å². The Morgan fingerprint density at radius 3 is 2.00 bits per heavy atom. The molecule has 0 fully saturated rings. The number of hydrogen-bond donors (Lipinski definition) is 2. The second-order valence-corrected chi connectivity index (χ2v) is 1.90. The molecule has 0 saturated carbocycles. The number of carbonyl (C=O) groups excluding carboxylic acids is 2. The van der Waals surface area contributed by atoms with E-state index in [4.69, 9.17) is 0 Å². The van der Waals surface area contributed by atoms with Crippen LogP contribution in [-0.4, -0.2) is 32.2 Å². The maximum atomic E-state index is 10.4. The normalized spacial score (nSPS) is 7.69. The molecule has 5 nitrogen and oxygen atoms in total. The van der Waals surface area contributed by atoms with Crippen molar-refractivity contribution in [3.05, 3.63) is 0 Å². The third kappa shape index (κ3) is 13.7. The fourth-order valence-electron chi connectivity index (χ4n) is 0.475. The van der Waals surface area contributed by atoms with Crippen LogP contribution < -0.4 is 10.6 Å². The lowest BCUT2D eigenvalue weighted by molar-refractivity contribution is -0.118. The van der Waals surface area contributed by atoms with Crippen LogP contribution in [0.3, 0.4) is 0 Å². The molecule has 78 valence electrons. The summed E-state index contributed by atoms with van der Waals surface area (Å²) in [7, 11) is 1.29. The molecule has 2 amide bonds. The zero-order valence-electron chi connectivity index (χ0n) is 8.64. The summed E-state index contributed by atoms with van der Waals surface area (Å²) in [5, 5.41) is 4.93. The minimum Gasteiger partial charge on any atom is -0.453 e. The molecule has 0 radical (unpaired) electrons. The van der Waals surface area contributed by atoms with E-state index in [9.17, 15) is 9.59 Å². The van der Waals surface area contributed by atoms with Crippen molar-refractivity contribution in [2.75, 3.05) is 20.2 Å². The van der Waals surface area contributed by atoms with Crippen LogP contribution in [0.4, 0.5) is 4.79 Å². The highest BCUT2D eigenvalue weighted by atomic mass is 16.5. The Kier molecular flexibility index (Phi) is 11.8. The van der Waals surface area contributed by atoms with E-state index >= 15 is 0 Å². The van der Waals surface area contributed by atoms with E-state index in [0.29, 0.717) is 13.1 Å². The Morgan fingerprint density at radius 2 is 1.62 bits per heavy atom. The lowest BCUT2D eigenvalue weighted by atomic mass is 10.6. The molecule has 0 rings (SSSR count). The maximum Gasteiger partial charge on any atom is 0.406 e. The Morgan fingerprint density at radius 1 is 1.15 bits per heavy atom. The molecule has 0 unspecified atom stereocenters. The van der Waals surface area contributed by atoms with Crippen LogP contribution in [0, 0.1) is 0 Å². The summed E-state index contributed by atoms with van der Waals surface area (Å²) in [6.07, 6.45) is -0.490. The summed E-state index contributed by atoms with van der Waals surface area (Å²) in [5.74, 6) is -0.114. The van der Waals surface area contributed by atoms with E-state index in [0.717, 1.165) is 0 Å². The number of nitrogens with one attached hydrogen (secondary N) is 2. The van der Waals surface area contributed by atoms with Gasteiger partial charge < -0.3 is 15.4 Å². The second kappa shape index (κ2) is 10.7. The van der Waals surface area contributed by atoms with Crippen LogP contribution in [0.25, 0.3) is 0 Å². The van der Waals surface area contributed by atoms with E-state index in [2.05, 4.69) is 15.4 Å². The Bertz CT molecular complexity index is 148. The van der Waals surface area contributed by atoms with E-state index in [1.807, 2.05) is 13.8 Å². The highest BCUT2D eigenvalue weighted by Crippen LogP contribution is 1.68. The van der Waals surface area contributed by atoms with E-state index < -0.39 is 6.09 Å². The molecule has 2 N–H and O–H groups in total. The molecule has 0 heterocycles. The summed E-state index contributed by atoms with van der Waals surface area (Å²) in [4.78, 5) is 20.7. The fourth-order valence-corrected chi connectivity index (χ4v) is 0.475. The largest absolute Gasteiger partial charge is 0.453 e. The third-order valence-electron chi connectivity index (χ3n) is 0.954. The van der Waals surface area contributed by atoms with Gasteiger partial charge in [0.05, 0.1) is 7.11 Å². The minimum atomic E-state index is -0.490. The summed E-state index contributed by atoms with van der Waals surface area (Å²) >= 11 is 0. The fraction of sp³-hybridized carbons (Fsp3) is 0.750. The lowest BCUT2D eigenvalue weighted by Crippen LogP contribution is -2.33. The summed E-state index contributed by atoms with van der Waals surface area (Å²) in [6, 6.07) is 0. The van der Waals surface area contributed by atoms with Crippen LogP contribution in [0.15, 0.2) is 0 Å². The van der Waals surface area contributed by atoms with Crippen molar-refractivity contribution in [2.24, 2.45) is 0 Å². The standard InChI is InChI=1S/C6H12N2O3.C2H6/c1-5(9)7-3-4-8-6(10)11-2;1-2/h3-4H2,1-2H3,(H,7,9)(H,8,10);1-2H3. The lowest BCUT2D eigenvalue weighted by Gasteiger charge is -2.02. The third-order valence-corrected chi connectivity index (χ3v) is 0.954. The predicted octanol–water partition coefficient (Wildman–Crippen LogP) is 0.505. The number of carbonyl (C=O) groups is 2. The van der Waals surface area contributed by atoms with Crippen molar-refractivity contribution in [2.45, 2.75) is 20.8 Å². The molecule has 5 heteroatoms. The number of amides is 2. The van der Waals surface area contributed by atoms with E-state index in [1.165, 1.54) is 14.0 Å². The summed E-state index contributed by atoms with van der Waals surface area (Å²) < 4.78 is 4.29. The molecule has 0 aliphatic heterocycles. The second-order valence-electron chi connectivity index (χ2n) is 1.90. The number of ether oxygens (including phenoxy) is 1. The maximum absolute atomic E-state index is 10.4.